The highest BCUT2D eigenvalue weighted by Gasteiger charge is 2.22. The molecule has 1 aliphatic heterocycles. The molecule has 0 aliphatic carbocycles. The van der Waals surface area contributed by atoms with Gasteiger partial charge in [-0.3, -0.25) is 4.79 Å². The van der Waals surface area contributed by atoms with Crippen molar-refractivity contribution in [2.24, 2.45) is 5.92 Å². The molecule has 22 heavy (non-hydrogen) atoms. The number of amides is 1. The van der Waals surface area contributed by atoms with Gasteiger partial charge < -0.3 is 20.3 Å². The van der Waals surface area contributed by atoms with Crippen molar-refractivity contribution in [3.63, 3.8) is 0 Å². The van der Waals surface area contributed by atoms with E-state index >= 15 is 0 Å². The van der Waals surface area contributed by atoms with Crippen molar-refractivity contribution in [2.75, 3.05) is 40.8 Å². The second-order valence-electron chi connectivity index (χ2n) is 6.04. The average molecular weight is 305 g/mol. The third kappa shape index (κ3) is 4.45. The van der Waals surface area contributed by atoms with Crippen molar-refractivity contribution in [2.45, 2.75) is 18.9 Å². The third-order valence-electron chi connectivity index (χ3n) is 4.24. The Balaban J connectivity index is 1.97. The fourth-order valence-electron chi connectivity index (χ4n) is 2.86. The maximum atomic E-state index is 12.3. The molecule has 1 heterocycles. The zero-order valence-electron chi connectivity index (χ0n) is 13.8. The van der Waals surface area contributed by atoms with Gasteiger partial charge in [-0.1, -0.05) is 12.1 Å². The fraction of sp³-hybridized carbons (Fsp3) is 0.588. The number of hydrogen-bond acceptors (Lipinski definition) is 4. The molecule has 1 aliphatic rings. The molecular formula is C17H27N3O2. The number of nitrogens with zero attached hydrogens (tertiary/aromatic N) is 1. The highest BCUT2D eigenvalue weighted by molar-refractivity contribution is 5.79. The fourth-order valence-corrected chi connectivity index (χ4v) is 2.86. The molecular weight excluding hydrogens is 278 g/mol. The SMILES string of the molecule is COc1cccc(C(CNC(=O)C2CCCNC2)N(C)C)c1. The molecule has 0 saturated carbocycles. The zero-order valence-corrected chi connectivity index (χ0v) is 13.8. The summed E-state index contributed by atoms with van der Waals surface area (Å²) >= 11 is 0. The van der Waals surface area contributed by atoms with Crippen LogP contribution in [0.3, 0.4) is 0 Å². The molecule has 1 saturated heterocycles. The first-order valence-corrected chi connectivity index (χ1v) is 7.90. The number of rotatable bonds is 6. The third-order valence-corrected chi connectivity index (χ3v) is 4.24. The predicted molar refractivity (Wildman–Crippen MR) is 88.0 cm³/mol. The quantitative estimate of drug-likeness (QED) is 0.834. The lowest BCUT2D eigenvalue weighted by atomic mass is 9.98. The van der Waals surface area contributed by atoms with Crippen molar-refractivity contribution in [1.82, 2.24) is 15.5 Å². The van der Waals surface area contributed by atoms with Gasteiger partial charge in [0.1, 0.15) is 5.75 Å². The Morgan fingerprint density at radius 1 is 1.50 bits per heavy atom. The molecule has 0 bridgehead atoms. The first-order chi connectivity index (χ1) is 10.6. The first-order valence-electron chi connectivity index (χ1n) is 7.90. The monoisotopic (exact) mass is 305 g/mol. The summed E-state index contributed by atoms with van der Waals surface area (Å²) in [6.07, 6.45) is 2.05. The van der Waals surface area contributed by atoms with E-state index in [9.17, 15) is 4.79 Å². The Morgan fingerprint density at radius 2 is 2.32 bits per heavy atom. The van der Waals surface area contributed by atoms with E-state index in [0.29, 0.717) is 6.54 Å². The van der Waals surface area contributed by atoms with E-state index in [1.165, 1.54) is 0 Å². The smallest absolute Gasteiger partial charge is 0.224 e. The summed E-state index contributed by atoms with van der Waals surface area (Å²) in [5, 5.41) is 6.39. The molecule has 0 spiro atoms. The summed E-state index contributed by atoms with van der Waals surface area (Å²) in [5.74, 6) is 1.09. The van der Waals surface area contributed by atoms with Gasteiger partial charge in [0.05, 0.1) is 19.1 Å². The molecule has 1 amide bonds. The summed E-state index contributed by atoms with van der Waals surface area (Å²) in [5.41, 5.74) is 1.14. The van der Waals surface area contributed by atoms with Crippen LogP contribution in [0.5, 0.6) is 5.75 Å². The second-order valence-corrected chi connectivity index (χ2v) is 6.04. The van der Waals surface area contributed by atoms with Crippen LogP contribution in [-0.2, 0) is 4.79 Å². The van der Waals surface area contributed by atoms with Gasteiger partial charge in [0, 0.05) is 13.1 Å². The molecule has 5 heteroatoms. The number of carbonyl (C=O) groups is 1. The maximum absolute atomic E-state index is 12.3. The number of nitrogens with one attached hydrogen (secondary N) is 2. The van der Waals surface area contributed by atoms with Gasteiger partial charge in [-0.15, -0.1) is 0 Å². The van der Waals surface area contributed by atoms with Crippen LogP contribution in [-0.4, -0.2) is 51.6 Å². The van der Waals surface area contributed by atoms with Crippen LogP contribution in [0.4, 0.5) is 0 Å². The lowest BCUT2D eigenvalue weighted by Crippen LogP contribution is -2.43. The summed E-state index contributed by atoms with van der Waals surface area (Å²) < 4.78 is 5.29. The second kappa shape index (κ2) is 8.15. The molecule has 122 valence electrons. The predicted octanol–water partition coefficient (Wildman–Crippen LogP) is 1.41. The molecule has 0 aromatic heterocycles. The molecule has 2 rings (SSSR count). The molecule has 1 fully saturated rings. The number of hydrogen-bond donors (Lipinski definition) is 2. The summed E-state index contributed by atoms with van der Waals surface area (Å²) in [6, 6.07) is 8.15. The van der Waals surface area contributed by atoms with Crippen LogP contribution in [0.15, 0.2) is 24.3 Å². The summed E-state index contributed by atoms with van der Waals surface area (Å²) in [4.78, 5) is 14.4. The van der Waals surface area contributed by atoms with Crippen molar-refractivity contribution in [3.8, 4) is 5.75 Å². The Labute approximate surface area is 133 Å². The normalized spacial score (nSPS) is 19.7. The van der Waals surface area contributed by atoms with Gasteiger partial charge in [-0.05, 0) is 51.2 Å². The Kier molecular flexibility index (Phi) is 6.21. The van der Waals surface area contributed by atoms with Crippen LogP contribution in [0, 0.1) is 5.92 Å². The Bertz CT molecular complexity index is 485. The number of piperidine rings is 1. The van der Waals surface area contributed by atoms with Crippen molar-refractivity contribution < 1.29 is 9.53 Å². The highest BCUT2D eigenvalue weighted by atomic mass is 16.5. The van der Waals surface area contributed by atoms with Gasteiger partial charge in [-0.25, -0.2) is 0 Å². The van der Waals surface area contributed by atoms with Gasteiger partial charge in [0.15, 0.2) is 0 Å². The van der Waals surface area contributed by atoms with Gasteiger partial charge >= 0.3 is 0 Å². The van der Waals surface area contributed by atoms with Crippen molar-refractivity contribution >= 4 is 5.91 Å². The number of benzene rings is 1. The topological polar surface area (TPSA) is 53.6 Å². The Hall–Kier alpha value is -1.59. The van der Waals surface area contributed by atoms with Crippen LogP contribution >= 0.6 is 0 Å². The van der Waals surface area contributed by atoms with Crippen LogP contribution in [0.2, 0.25) is 0 Å². The zero-order chi connectivity index (χ0) is 15.9. The number of likely N-dealkylation sites (N-methyl/N-ethyl adjacent to an activating group) is 1. The molecule has 2 atom stereocenters. The summed E-state index contributed by atoms with van der Waals surface area (Å²) in [6.45, 7) is 2.42. The van der Waals surface area contributed by atoms with E-state index in [2.05, 4.69) is 21.6 Å². The highest BCUT2D eigenvalue weighted by Crippen LogP contribution is 2.22. The number of ether oxygens (including phenoxy) is 1. The van der Waals surface area contributed by atoms with E-state index in [4.69, 9.17) is 4.74 Å². The van der Waals surface area contributed by atoms with Crippen LogP contribution in [0.25, 0.3) is 0 Å². The molecule has 5 nitrogen and oxygen atoms in total. The van der Waals surface area contributed by atoms with Crippen LogP contribution in [0.1, 0.15) is 24.4 Å². The summed E-state index contributed by atoms with van der Waals surface area (Å²) in [7, 11) is 5.72. The molecule has 2 N–H and O–H groups in total. The number of carbonyl (C=O) groups excluding carboxylic acids is 1. The van der Waals surface area contributed by atoms with Crippen LogP contribution < -0.4 is 15.4 Å². The van der Waals surface area contributed by atoms with E-state index < -0.39 is 0 Å². The molecule has 0 radical (unpaired) electrons. The van der Waals surface area contributed by atoms with E-state index in [0.717, 1.165) is 37.2 Å². The molecule has 2 unspecified atom stereocenters. The standard InChI is InChI=1S/C17H27N3O2/c1-20(2)16(13-6-4-8-15(10-13)22-3)12-19-17(21)14-7-5-9-18-11-14/h4,6,8,10,14,16,18H,5,7,9,11-12H2,1-3H3,(H,19,21). The van der Waals surface area contributed by atoms with E-state index in [1.807, 2.05) is 32.3 Å². The largest absolute Gasteiger partial charge is 0.497 e. The van der Waals surface area contributed by atoms with Gasteiger partial charge in [-0.2, -0.15) is 0 Å². The molecule has 1 aromatic carbocycles. The van der Waals surface area contributed by atoms with E-state index in [-0.39, 0.29) is 17.9 Å². The average Bonchev–Trinajstić information content (AvgIpc) is 2.55. The maximum Gasteiger partial charge on any atom is 0.224 e. The Morgan fingerprint density at radius 3 is 2.95 bits per heavy atom. The van der Waals surface area contributed by atoms with Gasteiger partial charge in [0.25, 0.3) is 0 Å². The minimum Gasteiger partial charge on any atom is -0.497 e. The van der Waals surface area contributed by atoms with E-state index in [1.54, 1.807) is 7.11 Å². The first kappa shape index (κ1) is 16.8. The minimum absolute atomic E-state index is 0.0990. The number of methoxy groups -OCH3 is 1. The van der Waals surface area contributed by atoms with Crippen molar-refractivity contribution in [3.05, 3.63) is 29.8 Å². The van der Waals surface area contributed by atoms with Crippen molar-refractivity contribution in [1.29, 1.82) is 0 Å². The minimum atomic E-state index is 0.0990. The lowest BCUT2D eigenvalue weighted by Gasteiger charge is -2.27. The van der Waals surface area contributed by atoms with Gasteiger partial charge in [0.2, 0.25) is 5.91 Å². The molecule has 1 aromatic rings. The lowest BCUT2D eigenvalue weighted by molar-refractivity contribution is -0.125.